The van der Waals surface area contributed by atoms with Crippen LogP contribution in [0.5, 0.6) is 11.5 Å². The molecule has 338 valence electrons. The van der Waals surface area contributed by atoms with Gasteiger partial charge in [0.1, 0.15) is 18.1 Å². The number of rotatable bonds is 13. The van der Waals surface area contributed by atoms with Gasteiger partial charge in [0.15, 0.2) is 0 Å². The molecule has 1 aliphatic carbocycles. The van der Waals surface area contributed by atoms with Gasteiger partial charge in [-0.05, 0) is 163 Å². The molecule has 5 heteroatoms. The van der Waals surface area contributed by atoms with Crippen LogP contribution in [-0.4, -0.2) is 12.6 Å². The summed E-state index contributed by atoms with van der Waals surface area (Å²) < 4.78 is 11.3. The lowest BCUT2D eigenvalue weighted by Crippen LogP contribution is -2.17. The highest BCUT2D eigenvalue weighted by Gasteiger charge is 2.37. The standard InChI is InChI=1S/C65H50N2O3/c1-5-37-69-58-33-23-48-38-54(29-21-50(48)40-58)66(52-25-17-46(18-26-52)44-13-9-7-10-14-44)56-31-35-60-61-36-32-57(43-63(61)65(3,4)62(60)42-56)67(53-27-19-47(20-28-53)45-15-11-8-12-16-45)55-30-22-51-41-59(70-64(68)6-2)34-24-49(51)39-55/h5-36,38-43H,1-2,37H2,3-4H3. The molecule has 0 aliphatic heterocycles. The maximum atomic E-state index is 12.0. The Kier molecular flexibility index (Phi) is 11.4. The van der Waals surface area contributed by atoms with Crippen LogP contribution in [0.2, 0.25) is 0 Å². The molecular formula is C65H50N2O3. The molecule has 0 saturated carbocycles. The fourth-order valence-electron chi connectivity index (χ4n) is 9.92. The van der Waals surface area contributed by atoms with E-state index in [2.05, 4.69) is 225 Å². The van der Waals surface area contributed by atoms with Crippen molar-refractivity contribution in [3.05, 3.63) is 255 Å². The van der Waals surface area contributed by atoms with Crippen molar-refractivity contribution >= 4 is 61.6 Å². The lowest BCUT2D eigenvalue weighted by Gasteiger charge is -2.29. The normalized spacial score (nSPS) is 12.2. The Hall–Kier alpha value is -8.93. The van der Waals surface area contributed by atoms with Gasteiger partial charge in [0.2, 0.25) is 0 Å². The molecular weight excluding hydrogens is 857 g/mol. The first-order valence-corrected chi connectivity index (χ1v) is 23.6. The molecule has 10 aromatic rings. The molecule has 0 saturated heterocycles. The first-order chi connectivity index (χ1) is 34.2. The number of carbonyl (C=O) groups excluding carboxylic acids is 1. The SMILES string of the molecule is C=CCOc1ccc2cc(N(c3ccc(-c4ccccc4)cc3)c3ccc4c(c3)C(C)(C)c3cc(N(c5ccc(-c6ccccc6)cc5)c5ccc6cc(OC(=O)C=C)ccc6c5)ccc3-4)ccc2c1. The summed E-state index contributed by atoms with van der Waals surface area (Å²) in [6, 6.07) is 77.6. The van der Waals surface area contributed by atoms with Crippen molar-refractivity contribution in [2.75, 3.05) is 16.4 Å². The van der Waals surface area contributed by atoms with Gasteiger partial charge < -0.3 is 19.3 Å². The molecule has 1 aliphatic rings. The molecule has 70 heavy (non-hydrogen) atoms. The highest BCUT2D eigenvalue weighted by atomic mass is 16.5. The van der Waals surface area contributed by atoms with E-state index in [1.54, 1.807) is 6.08 Å². The summed E-state index contributed by atoms with van der Waals surface area (Å²) in [4.78, 5) is 16.7. The molecule has 0 radical (unpaired) electrons. The fourth-order valence-corrected chi connectivity index (χ4v) is 9.92. The minimum absolute atomic E-state index is 0.337. The predicted molar refractivity (Wildman–Crippen MR) is 291 cm³/mol. The smallest absolute Gasteiger partial charge is 0.335 e. The van der Waals surface area contributed by atoms with Gasteiger partial charge in [0.25, 0.3) is 0 Å². The van der Waals surface area contributed by atoms with Crippen LogP contribution in [0.25, 0.3) is 54.9 Å². The second-order valence-corrected chi connectivity index (χ2v) is 18.2. The van der Waals surface area contributed by atoms with Crippen LogP contribution in [0.3, 0.4) is 0 Å². The molecule has 0 fully saturated rings. The van der Waals surface area contributed by atoms with Crippen LogP contribution < -0.4 is 19.3 Å². The topological polar surface area (TPSA) is 42.0 Å². The van der Waals surface area contributed by atoms with Crippen molar-refractivity contribution in [2.45, 2.75) is 19.3 Å². The van der Waals surface area contributed by atoms with Gasteiger partial charge in [-0.1, -0.05) is 154 Å². The van der Waals surface area contributed by atoms with Gasteiger partial charge >= 0.3 is 5.97 Å². The maximum Gasteiger partial charge on any atom is 0.335 e. The summed E-state index contributed by atoms with van der Waals surface area (Å²) in [5, 5.41) is 4.22. The number of esters is 1. The van der Waals surface area contributed by atoms with E-state index in [4.69, 9.17) is 9.47 Å². The van der Waals surface area contributed by atoms with E-state index in [0.29, 0.717) is 12.4 Å². The average molecular weight is 907 g/mol. The minimum atomic E-state index is -0.486. The van der Waals surface area contributed by atoms with Gasteiger partial charge in [-0.2, -0.15) is 0 Å². The second kappa shape index (κ2) is 18.3. The van der Waals surface area contributed by atoms with Crippen LogP contribution >= 0.6 is 0 Å². The van der Waals surface area contributed by atoms with Crippen molar-refractivity contribution in [1.82, 2.24) is 0 Å². The van der Waals surface area contributed by atoms with Crippen molar-refractivity contribution in [3.8, 4) is 44.9 Å². The van der Waals surface area contributed by atoms with E-state index in [0.717, 1.165) is 67.0 Å². The molecule has 11 rings (SSSR count). The number of hydrogen-bond acceptors (Lipinski definition) is 5. The van der Waals surface area contributed by atoms with Crippen LogP contribution in [0.1, 0.15) is 25.0 Å². The fraction of sp³-hybridized carbons (Fsp3) is 0.0615. The second-order valence-electron chi connectivity index (χ2n) is 18.2. The molecule has 0 aromatic heterocycles. The number of benzene rings is 10. The Morgan fingerprint density at radius 1 is 0.443 bits per heavy atom. The molecule has 0 unspecified atom stereocenters. The number of fused-ring (bicyclic) bond motifs is 5. The van der Waals surface area contributed by atoms with Gasteiger partial charge in [-0.25, -0.2) is 4.79 Å². The zero-order valence-electron chi connectivity index (χ0n) is 39.2. The zero-order chi connectivity index (χ0) is 47.8. The lowest BCUT2D eigenvalue weighted by molar-refractivity contribution is -0.128. The quantitative estimate of drug-likeness (QED) is 0.0499. The van der Waals surface area contributed by atoms with Crippen LogP contribution in [0, 0.1) is 0 Å². The van der Waals surface area contributed by atoms with E-state index in [9.17, 15) is 4.79 Å². The van der Waals surface area contributed by atoms with Gasteiger partial charge in [-0.15, -0.1) is 0 Å². The molecule has 0 atom stereocenters. The number of anilines is 6. The van der Waals surface area contributed by atoms with E-state index in [1.165, 1.54) is 45.0 Å². The van der Waals surface area contributed by atoms with Crippen molar-refractivity contribution in [3.63, 3.8) is 0 Å². The molecule has 0 heterocycles. The highest BCUT2D eigenvalue weighted by Crippen LogP contribution is 2.53. The Balaban J connectivity index is 0.991. The first-order valence-electron chi connectivity index (χ1n) is 23.6. The third-order valence-electron chi connectivity index (χ3n) is 13.5. The highest BCUT2D eigenvalue weighted by molar-refractivity contribution is 5.94. The maximum absolute atomic E-state index is 12.0. The summed E-state index contributed by atoms with van der Waals surface area (Å²) in [5.74, 6) is 0.815. The zero-order valence-corrected chi connectivity index (χ0v) is 39.2. The van der Waals surface area contributed by atoms with Gasteiger partial charge in [-0.3, -0.25) is 0 Å². The molecule has 5 nitrogen and oxygen atoms in total. The van der Waals surface area contributed by atoms with Crippen molar-refractivity contribution in [2.24, 2.45) is 0 Å². The predicted octanol–water partition coefficient (Wildman–Crippen LogP) is 17.2. The Labute approximate surface area is 409 Å². The van der Waals surface area contributed by atoms with Crippen LogP contribution in [0.15, 0.2) is 244 Å². The van der Waals surface area contributed by atoms with E-state index < -0.39 is 5.97 Å². The minimum Gasteiger partial charge on any atom is -0.490 e. The first kappa shape index (κ1) is 43.6. The van der Waals surface area contributed by atoms with Crippen LogP contribution in [0.4, 0.5) is 34.1 Å². The summed E-state index contributed by atoms with van der Waals surface area (Å²) in [5.41, 5.74) is 15.6. The third kappa shape index (κ3) is 8.28. The molecule has 10 aromatic carbocycles. The van der Waals surface area contributed by atoms with E-state index in [1.807, 2.05) is 30.3 Å². The Morgan fingerprint density at radius 3 is 1.30 bits per heavy atom. The number of hydrogen-bond donors (Lipinski definition) is 0. The Bertz CT molecular complexity index is 3600. The summed E-state index contributed by atoms with van der Waals surface area (Å²) in [6.45, 7) is 12.5. The van der Waals surface area contributed by atoms with Gasteiger partial charge in [0, 0.05) is 45.6 Å². The monoisotopic (exact) mass is 906 g/mol. The largest absolute Gasteiger partial charge is 0.490 e. The van der Waals surface area contributed by atoms with Gasteiger partial charge in [0.05, 0.1) is 0 Å². The third-order valence-corrected chi connectivity index (χ3v) is 13.5. The lowest BCUT2D eigenvalue weighted by atomic mass is 9.82. The van der Waals surface area contributed by atoms with E-state index in [-0.39, 0.29) is 5.41 Å². The van der Waals surface area contributed by atoms with Crippen molar-refractivity contribution in [1.29, 1.82) is 0 Å². The van der Waals surface area contributed by atoms with Crippen LogP contribution in [-0.2, 0) is 10.2 Å². The average Bonchev–Trinajstić information content (AvgIpc) is 3.63. The number of ether oxygens (including phenoxy) is 2. The summed E-state index contributed by atoms with van der Waals surface area (Å²) >= 11 is 0. The molecule has 0 bridgehead atoms. The molecule has 0 spiro atoms. The summed E-state index contributed by atoms with van der Waals surface area (Å²) in [6.07, 6.45) is 2.94. The summed E-state index contributed by atoms with van der Waals surface area (Å²) in [7, 11) is 0. The van der Waals surface area contributed by atoms with Crippen molar-refractivity contribution < 1.29 is 14.3 Å². The molecule has 0 amide bonds. The molecule has 0 N–H and O–H groups in total. The Morgan fingerprint density at radius 2 is 0.829 bits per heavy atom. The van der Waals surface area contributed by atoms with E-state index >= 15 is 0 Å². The number of nitrogens with zero attached hydrogens (tertiary/aromatic N) is 2. The number of carbonyl (C=O) groups is 1.